The first-order chi connectivity index (χ1) is 10.6. The molecular weight excluding hydrogens is 282 g/mol. The van der Waals surface area contributed by atoms with Gasteiger partial charge in [-0.05, 0) is 49.5 Å². The number of hydrogen-bond donors (Lipinski definition) is 2. The van der Waals surface area contributed by atoms with Crippen molar-refractivity contribution in [3.63, 3.8) is 0 Å². The lowest BCUT2D eigenvalue weighted by atomic mass is 9.98. The molecule has 1 aliphatic heterocycles. The number of likely N-dealkylation sites (tertiary alicyclic amines) is 1. The summed E-state index contributed by atoms with van der Waals surface area (Å²) in [5.74, 6) is 1.10. The third-order valence-electron chi connectivity index (χ3n) is 4.00. The standard InChI is InChI=1S/C16H23N3O3/c1-22-14-6-4-12(5-7-14)13-8-10-19(11-13)9-2-3-15(20)18-16(17)21/h4-7,13H,2-3,8-11H2,1H3,(H3,17,18,20,21). The molecule has 1 unspecified atom stereocenters. The molecule has 3 N–H and O–H groups in total. The third-order valence-corrected chi connectivity index (χ3v) is 4.00. The van der Waals surface area contributed by atoms with Gasteiger partial charge in [0.25, 0.3) is 0 Å². The Morgan fingerprint density at radius 1 is 1.36 bits per heavy atom. The van der Waals surface area contributed by atoms with Gasteiger partial charge in [-0.15, -0.1) is 0 Å². The maximum Gasteiger partial charge on any atom is 0.318 e. The largest absolute Gasteiger partial charge is 0.497 e. The molecule has 2 rings (SSSR count). The second-order valence-corrected chi connectivity index (χ2v) is 5.58. The summed E-state index contributed by atoms with van der Waals surface area (Å²) in [4.78, 5) is 24.2. The lowest BCUT2D eigenvalue weighted by molar-refractivity contribution is -0.120. The predicted octanol–water partition coefficient (Wildman–Crippen LogP) is 1.46. The number of carbonyl (C=O) groups is 2. The highest BCUT2D eigenvalue weighted by Crippen LogP contribution is 2.28. The Morgan fingerprint density at radius 2 is 2.09 bits per heavy atom. The summed E-state index contributed by atoms with van der Waals surface area (Å²) in [6.07, 6.45) is 2.18. The number of amides is 3. The summed E-state index contributed by atoms with van der Waals surface area (Å²) >= 11 is 0. The predicted molar refractivity (Wildman–Crippen MR) is 83.8 cm³/mol. The van der Waals surface area contributed by atoms with Crippen LogP contribution in [0.15, 0.2) is 24.3 Å². The van der Waals surface area contributed by atoms with Crippen molar-refractivity contribution in [2.45, 2.75) is 25.2 Å². The summed E-state index contributed by atoms with van der Waals surface area (Å²) < 4.78 is 5.17. The molecule has 1 aromatic carbocycles. The van der Waals surface area contributed by atoms with Gasteiger partial charge in [0.1, 0.15) is 5.75 Å². The van der Waals surface area contributed by atoms with Crippen molar-refractivity contribution >= 4 is 11.9 Å². The fourth-order valence-electron chi connectivity index (χ4n) is 2.85. The second-order valence-electron chi connectivity index (χ2n) is 5.58. The van der Waals surface area contributed by atoms with Gasteiger partial charge in [-0.2, -0.15) is 0 Å². The zero-order chi connectivity index (χ0) is 15.9. The molecule has 0 saturated carbocycles. The molecule has 1 atom stereocenters. The first-order valence-corrected chi connectivity index (χ1v) is 7.54. The summed E-state index contributed by atoms with van der Waals surface area (Å²) in [5, 5.41) is 2.08. The van der Waals surface area contributed by atoms with E-state index in [4.69, 9.17) is 10.5 Å². The number of rotatable bonds is 6. The van der Waals surface area contributed by atoms with E-state index in [9.17, 15) is 9.59 Å². The number of urea groups is 1. The van der Waals surface area contributed by atoms with Gasteiger partial charge in [0.05, 0.1) is 7.11 Å². The van der Waals surface area contributed by atoms with E-state index in [1.54, 1.807) is 7.11 Å². The van der Waals surface area contributed by atoms with Crippen LogP contribution in [0.4, 0.5) is 4.79 Å². The number of carbonyl (C=O) groups excluding carboxylic acids is 2. The highest BCUT2D eigenvalue weighted by Gasteiger charge is 2.23. The van der Waals surface area contributed by atoms with Crippen molar-refractivity contribution in [1.29, 1.82) is 0 Å². The zero-order valence-electron chi connectivity index (χ0n) is 12.9. The minimum absolute atomic E-state index is 0.307. The summed E-state index contributed by atoms with van der Waals surface area (Å²) in [6.45, 7) is 2.90. The van der Waals surface area contributed by atoms with Gasteiger partial charge in [-0.3, -0.25) is 10.1 Å². The maximum absolute atomic E-state index is 11.3. The minimum atomic E-state index is -0.786. The molecule has 0 radical (unpaired) electrons. The molecule has 1 aromatic rings. The molecule has 22 heavy (non-hydrogen) atoms. The van der Waals surface area contributed by atoms with Crippen LogP contribution in [0.1, 0.15) is 30.7 Å². The quantitative estimate of drug-likeness (QED) is 0.833. The normalized spacial score (nSPS) is 18.1. The van der Waals surface area contributed by atoms with Crippen LogP contribution >= 0.6 is 0 Å². The number of nitrogens with two attached hydrogens (primary N) is 1. The topological polar surface area (TPSA) is 84.7 Å². The second kappa shape index (κ2) is 7.79. The van der Waals surface area contributed by atoms with Gasteiger partial charge >= 0.3 is 6.03 Å². The van der Waals surface area contributed by atoms with Crippen molar-refractivity contribution in [3.05, 3.63) is 29.8 Å². The Labute approximate surface area is 130 Å². The average molecular weight is 305 g/mol. The highest BCUT2D eigenvalue weighted by molar-refractivity contribution is 5.93. The smallest absolute Gasteiger partial charge is 0.318 e. The van der Waals surface area contributed by atoms with Crippen LogP contribution in [0.3, 0.4) is 0 Å². The number of methoxy groups -OCH3 is 1. The number of imide groups is 1. The molecule has 6 nitrogen and oxygen atoms in total. The van der Waals surface area contributed by atoms with E-state index in [1.165, 1.54) is 5.56 Å². The van der Waals surface area contributed by atoms with Crippen LogP contribution in [-0.2, 0) is 4.79 Å². The fraction of sp³-hybridized carbons (Fsp3) is 0.500. The monoisotopic (exact) mass is 305 g/mol. The molecule has 1 saturated heterocycles. The highest BCUT2D eigenvalue weighted by atomic mass is 16.5. The lowest BCUT2D eigenvalue weighted by Gasteiger charge is -2.16. The molecular formula is C16H23N3O3. The Kier molecular flexibility index (Phi) is 5.77. The molecule has 0 aromatic heterocycles. The van der Waals surface area contributed by atoms with Crippen LogP contribution in [-0.4, -0.2) is 43.6 Å². The van der Waals surface area contributed by atoms with Crippen LogP contribution in [0.25, 0.3) is 0 Å². The van der Waals surface area contributed by atoms with Crippen molar-refractivity contribution in [2.24, 2.45) is 5.73 Å². The van der Waals surface area contributed by atoms with Gasteiger partial charge in [0.2, 0.25) is 5.91 Å². The number of benzene rings is 1. The molecule has 1 fully saturated rings. The number of nitrogens with zero attached hydrogens (tertiary/aromatic N) is 1. The molecule has 1 heterocycles. The van der Waals surface area contributed by atoms with E-state index in [0.717, 1.165) is 38.2 Å². The molecule has 0 spiro atoms. The molecule has 120 valence electrons. The van der Waals surface area contributed by atoms with E-state index < -0.39 is 6.03 Å². The van der Waals surface area contributed by atoms with Gasteiger partial charge in [-0.1, -0.05) is 12.1 Å². The van der Waals surface area contributed by atoms with Gasteiger partial charge < -0.3 is 15.4 Å². The Morgan fingerprint density at radius 3 is 2.73 bits per heavy atom. The Hall–Kier alpha value is -2.08. The van der Waals surface area contributed by atoms with E-state index >= 15 is 0 Å². The van der Waals surface area contributed by atoms with Crippen LogP contribution < -0.4 is 15.8 Å². The molecule has 0 aliphatic carbocycles. The number of ether oxygens (including phenoxy) is 1. The zero-order valence-corrected chi connectivity index (χ0v) is 12.9. The van der Waals surface area contributed by atoms with Gasteiger partial charge in [0.15, 0.2) is 0 Å². The Bertz CT molecular complexity index is 516. The SMILES string of the molecule is COc1ccc(C2CCN(CCCC(=O)NC(N)=O)C2)cc1. The van der Waals surface area contributed by atoms with Crippen molar-refractivity contribution in [2.75, 3.05) is 26.7 Å². The van der Waals surface area contributed by atoms with Crippen molar-refractivity contribution in [1.82, 2.24) is 10.2 Å². The number of primary amides is 1. The lowest BCUT2D eigenvalue weighted by Crippen LogP contribution is -2.35. The molecule has 3 amide bonds. The first kappa shape index (κ1) is 16.3. The minimum Gasteiger partial charge on any atom is -0.497 e. The van der Waals surface area contributed by atoms with E-state index in [1.807, 2.05) is 12.1 Å². The first-order valence-electron chi connectivity index (χ1n) is 7.54. The fourth-order valence-corrected chi connectivity index (χ4v) is 2.85. The number of nitrogens with one attached hydrogen (secondary N) is 1. The molecule has 0 bridgehead atoms. The number of hydrogen-bond acceptors (Lipinski definition) is 4. The average Bonchev–Trinajstić information content (AvgIpc) is 2.95. The van der Waals surface area contributed by atoms with Crippen LogP contribution in [0.5, 0.6) is 5.75 Å². The van der Waals surface area contributed by atoms with Crippen molar-refractivity contribution < 1.29 is 14.3 Å². The van der Waals surface area contributed by atoms with Crippen LogP contribution in [0.2, 0.25) is 0 Å². The van der Waals surface area contributed by atoms with E-state index in [0.29, 0.717) is 12.3 Å². The molecule has 1 aliphatic rings. The third kappa shape index (κ3) is 4.73. The summed E-state index contributed by atoms with van der Waals surface area (Å²) in [5.41, 5.74) is 6.23. The van der Waals surface area contributed by atoms with Crippen LogP contribution in [0, 0.1) is 0 Å². The van der Waals surface area contributed by atoms with Gasteiger partial charge in [0, 0.05) is 13.0 Å². The van der Waals surface area contributed by atoms with Crippen molar-refractivity contribution in [3.8, 4) is 5.75 Å². The molecule has 6 heteroatoms. The summed E-state index contributed by atoms with van der Waals surface area (Å²) in [6, 6.07) is 7.43. The van der Waals surface area contributed by atoms with E-state index in [2.05, 4.69) is 22.3 Å². The van der Waals surface area contributed by atoms with E-state index in [-0.39, 0.29) is 5.91 Å². The van der Waals surface area contributed by atoms with Gasteiger partial charge in [-0.25, -0.2) is 4.79 Å². The Balaban J connectivity index is 1.73. The maximum atomic E-state index is 11.3. The summed E-state index contributed by atoms with van der Waals surface area (Å²) in [7, 11) is 1.67.